The highest BCUT2D eigenvalue weighted by molar-refractivity contribution is 9.09. The summed E-state index contributed by atoms with van der Waals surface area (Å²) in [6.45, 7) is 1.83. The minimum absolute atomic E-state index is 0.0390. The topological polar surface area (TPSA) is 142 Å². The van der Waals surface area contributed by atoms with Gasteiger partial charge in [0.15, 0.2) is 17.4 Å². The van der Waals surface area contributed by atoms with Crippen LogP contribution in [0.4, 0.5) is 5.95 Å². The van der Waals surface area contributed by atoms with Crippen molar-refractivity contribution in [3.8, 4) is 0 Å². The molecule has 1 fully saturated rings. The van der Waals surface area contributed by atoms with Crippen LogP contribution < -0.4 is 10.9 Å². The van der Waals surface area contributed by atoms with Crippen molar-refractivity contribution in [1.29, 1.82) is 0 Å². The fourth-order valence-corrected chi connectivity index (χ4v) is 2.77. The van der Waals surface area contributed by atoms with Gasteiger partial charge in [0.1, 0.15) is 12.2 Å². The Morgan fingerprint density at radius 1 is 1.50 bits per heavy atom. The SMILES string of the molecule is CC[C@@H]1O[C@H](n2cnc3c(=O)[nH]c(NC(=O)CBr)nc32)C(O)[C@@H]1O. The highest BCUT2D eigenvalue weighted by Gasteiger charge is 2.43. The minimum atomic E-state index is -1.19. The molecule has 10 nitrogen and oxygen atoms in total. The van der Waals surface area contributed by atoms with E-state index in [1.54, 1.807) is 0 Å². The first-order chi connectivity index (χ1) is 11.5. The van der Waals surface area contributed by atoms with Crippen molar-refractivity contribution in [2.45, 2.75) is 37.9 Å². The third kappa shape index (κ3) is 2.83. The van der Waals surface area contributed by atoms with Crippen molar-refractivity contribution >= 4 is 38.9 Å². The van der Waals surface area contributed by atoms with Gasteiger partial charge in [-0.3, -0.25) is 24.5 Å². The van der Waals surface area contributed by atoms with Gasteiger partial charge in [-0.1, -0.05) is 22.9 Å². The molecule has 130 valence electrons. The third-order valence-corrected chi connectivity index (χ3v) is 4.33. The number of anilines is 1. The number of carbonyl (C=O) groups is 1. The molecule has 1 unspecified atom stereocenters. The number of fused-ring (bicyclic) bond motifs is 1. The Kier molecular flexibility index (Phi) is 4.67. The number of amides is 1. The quantitative estimate of drug-likeness (QED) is 0.504. The number of rotatable bonds is 4. The molecule has 2 aromatic rings. The molecule has 3 rings (SSSR count). The Morgan fingerprint density at radius 2 is 2.25 bits per heavy atom. The molecule has 0 radical (unpaired) electrons. The van der Waals surface area contributed by atoms with E-state index in [2.05, 4.69) is 36.2 Å². The monoisotopic (exact) mass is 401 g/mol. The highest BCUT2D eigenvalue weighted by Crippen LogP contribution is 2.32. The summed E-state index contributed by atoms with van der Waals surface area (Å²) in [5.74, 6) is -0.430. The number of hydrogen-bond donors (Lipinski definition) is 4. The summed E-state index contributed by atoms with van der Waals surface area (Å²) < 4.78 is 7.02. The first kappa shape index (κ1) is 17.0. The van der Waals surface area contributed by atoms with Gasteiger partial charge in [-0.25, -0.2) is 4.98 Å². The van der Waals surface area contributed by atoms with Crippen molar-refractivity contribution < 1.29 is 19.7 Å². The van der Waals surface area contributed by atoms with Gasteiger partial charge in [0.25, 0.3) is 5.56 Å². The largest absolute Gasteiger partial charge is 0.388 e. The number of carbonyl (C=O) groups excluding carboxylic acids is 1. The average molecular weight is 402 g/mol. The summed E-state index contributed by atoms with van der Waals surface area (Å²) in [6, 6.07) is 0. The van der Waals surface area contributed by atoms with Gasteiger partial charge < -0.3 is 14.9 Å². The second-order valence-electron chi connectivity index (χ2n) is 5.37. The molecule has 0 spiro atoms. The summed E-state index contributed by atoms with van der Waals surface area (Å²) >= 11 is 3.00. The molecular formula is C13H16BrN5O5. The van der Waals surface area contributed by atoms with Crippen LogP contribution in [0.3, 0.4) is 0 Å². The number of aliphatic hydroxyl groups is 2. The Balaban J connectivity index is 2.03. The number of alkyl halides is 1. The lowest BCUT2D eigenvalue weighted by molar-refractivity contribution is -0.113. The third-order valence-electron chi connectivity index (χ3n) is 3.83. The van der Waals surface area contributed by atoms with E-state index in [-0.39, 0.29) is 28.3 Å². The number of ether oxygens (including phenoxy) is 1. The van der Waals surface area contributed by atoms with Gasteiger partial charge in [0.2, 0.25) is 11.9 Å². The maximum atomic E-state index is 12.1. The molecule has 1 saturated heterocycles. The maximum Gasteiger partial charge on any atom is 0.280 e. The molecule has 0 aromatic carbocycles. The summed E-state index contributed by atoms with van der Waals surface area (Å²) in [7, 11) is 0. The Bertz CT molecular complexity index is 821. The molecule has 0 bridgehead atoms. The van der Waals surface area contributed by atoms with E-state index in [1.807, 2.05) is 6.92 Å². The van der Waals surface area contributed by atoms with E-state index >= 15 is 0 Å². The standard InChI is InChI=1S/C13H16BrN5O5/c1-2-5-8(21)9(22)12(24-5)19-4-15-7-10(19)17-13(18-11(7)23)16-6(20)3-14/h4-5,8-9,12,21-22H,2-3H2,1H3,(H2,16,17,18,20,23)/t5-,8+,9?,12-/m0/s1. The lowest BCUT2D eigenvalue weighted by Gasteiger charge is -2.16. The molecule has 4 N–H and O–H groups in total. The normalized spacial score (nSPS) is 26.8. The predicted molar refractivity (Wildman–Crippen MR) is 86.8 cm³/mol. The van der Waals surface area contributed by atoms with Crippen molar-refractivity contribution in [3.05, 3.63) is 16.7 Å². The van der Waals surface area contributed by atoms with Crippen LogP contribution in [-0.2, 0) is 9.53 Å². The highest BCUT2D eigenvalue weighted by atomic mass is 79.9. The fourth-order valence-electron chi connectivity index (χ4n) is 2.63. The lowest BCUT2D eigenvalue weighted by Crippen LogP contribution is -2.31. The first-order valence-corrected chi connectivity index (χ1v) is 8.42. The zero-order chi connectivity index (χ0) is 17.4. The van der Waals surface area contributed by atoms with Crippen LogP contribution in [0.2, 0.25) is 0 Å². The van der Waals surface area contributed by atoms with Crippen LogP contribution in [0.25, 0.3) is 11.2 Å². The molecule has 1 aliphatic heterocycles. The zero-order valence-corrected chi connectivity index (χ0v) is 14.2. The predicted octanol–water partition coefficient (Wildman–Crippen LogP) is -0.518. The van der Waals surface area contributed by atoms with E-state index < -0.39 is 30.1 Å². The molecule has 1 amide bonds. The Labute approximate surface area is 144 Å². The van der Waals surface area contributed by atoms with E-state index in [0.29, 0.717) is 6.42 Å². The van der Waals surface area contributed by atoms with Gasteiger partial charge in [-0.05, 0) is 6.42 Å². The number of aromatic nitrogens is 4. The number of hydrogen-bond acceptors (Lipinski definition) is 7. The van der Waals surface area contributed by atoms with Crippen LogP contribution in [0.1, 0.15) is 19.6 Å². The van der Waals surface area contributed by atoms with Crippen molar-refractivity contribution in [1.82, 2.24) is 19.5 Å². The van der Waals surface area contributed by atoms with Gasteiger partial charge in [0.05, 0.1) is 17.8 Å². The average Bonchev–Trinajstić information content (AvgIpc) is 3.10. The van der Waals surface area contributed by atoms with Crippen molar-refractivity contribution in [2.75, 3.05) is 10.6 Å². The van der Waals surface area contributed by atoms with Gasteiger partial charge in [-0.2, -0.15) is 4.98 Å². The van der Waals surface area contributed by atoms with Gasteiger partial charge in [0, 0.05) is 0 Å². The number of nitrogens with zero attached hydrogens (tertiary/aromatic N) is 3. The molecule has 11 heteroatoms. The van der Waals surface area contributed by atoms with Crippen molar-refractivity contribution in [3.63, 3.8) is 0 Å². The zero-order valence-electron chi connectivity index (χ0n) is 12.6. The molecule has 24 heavy (non-hydrogen) atoms. The number of aliphatic hydroxyl groups excluding tert-OH is 2. The molecule has 4 atom stereocenters. The summed E-state index contributed by atoms with van der Waals surface area (Å²) in [5.41, 5.74) is -0.364. The van der Waals surface area contributed by atoms with E-state index in [0.717, 1.165) is 0 Å². The summed E-state index contributed by atoms with van der Waals surface area (Å²) in [4.78, 5) is 34.1. The number of aromatic amines is 1. The second kappa shape index (κ2) is 6.59. The number of H-pyrrole nitrogens is 1. The van der Waals surface area contributed by atoms with E-state index in [1.165, 1.54) is 10.9 Å². The lowest BCUT2D eigenvalue weighted by atomic mass is 10.1. The van der Waals surface area contributed by atoms with Crippen molar-refractivity contribution in [2.24, 2.45) is 0 Å². The summed E-state index contributed by atoms with van der Waals surface area (Å²) in [5, 5.41) is 22.7. The van der Waals surface area contributed by atoms with Gasteiger partial charge in [-0.15, -0.1) is 0 Å². The van der Waals surface area contributed by atoms with Crippen LogP contribution in [0.15, 0.2) is 11.1 Å². The Hall–Kier alpha value is -1.82. The maximum absolute atomic E-state index is 12.1. The van der Waals surface area contributed by atoms with E-state index in [9.17, 15) is 19.8 Å². The molecule has 3 heterocycles. The first-order valence-electron chi connectivity index (χ1n) is 7.30. The molecule has 0 aliphatic carbocycles. The van der Waals surface area contributed by atoms with Crippen LogP contribution in [0, 0.1) is 0 Å². The fraction of sp³-hybridized carbons (Fsp3) is 0.538. The summed E-state index contributed by atoms with van der Waals surface area (Å²) in [6.07, 6.45) is -1.87. The molecule has 1 aliphatic rings. The molecule has 2 aromatic heterocycles. The number of imidazole rings is 1. The van der Waals surface area contributed by atoms with E-state index in [4.69, 9.17) is 4.74 Å². The van der Waals surface area contributed by atoms with Gasteiger partial charge >= 0.3 is 0 Å². The number of nitrogens with one attached hydrogen (secondary N) is 2. The number of halogens is 1. The van der Waals surface area contributed by atoms with Crippen LogP contribution in [0.5, 0.6) is 0 Å². The molecular weight excluding hydrogens is 386 g/mol. The van der Waals surface area contributed by atoms with Crippen LogP contribution in [-0.4, -0.2) is 59.3 Å². The smallest absolute Gasteiger partial charge is 0.280 e. The second-order valence-corrected chi connectivity index (χ2v) is 5.94. The Morgan fingerprint density at radius 3 is 2.88 bits per heavy atom. The minimum Gasteiger partial charge on any atom is -0.388 e. The van der Waals surface area contributed by atoms with Crippen LogP contribution >= 0.6 is 15.9 Å². The molecule has 0 saturated carbocycles.